The van der Waals surface area contributed by atoms with E-state index in [0.29, 0.717) is 0 Å². The average Bonchev–Trinajstić information content (AvgIpc) is 2.64. The minimum atomic E-state index is -0.0181. The molecule has 0 aliphatic carbocycles. The summed E-state index contributed by atoms with van der Waals surface area (Å²) in [6.45, 7) is 2.10. The van der Waals surface area contributed by atoms with Crippen molar-refractivity contribution in [1.29, 1.82) is 0 Å². The van der Waals surface area contributed by atoms with Crippen LogP contribution in [0.5, 0.6) is 11.5 Å². The van der Waals surface area contributed by atoms with Crippen molar-refractivity contribution in [2.45, 2.75) is 12.8 Å². The number of aryl methyl sites for hydroxylation is 1. The van der Waals surface area contributed by atoms with Crippen molar-refractivity contribution in [3.63, 3.8) is 0 Å². The highest BCUT2D eigenvalue weighted by Gasteiger charge is 2.24. The van der Waals surface area contributed by atoms with E-state index in [1.54, 1.807) is 14.2 Å². The summed E-state index contributed by atoms with van der Waals surface area (Å²) in [5.74, 6) is 1.68. The molecule has 0 aliphatic rings. The Bertz CT molecular complexity index is 851. The molecular weight excluding hydrogens is 456 g/mol. The highest BCUT2D eigenvalue weighted by Crippen LogP contribution is 2.42. The molecule has 0 bridgehead atoms. The lowest BCUT2D eigenvalue weighted by Crippen LogP contribution is -2.07. The standard InChI is InChI=1S/C22H20Br2O2/c1-14-4-6-15(7-5-14)22(18-12-16(23)8-10-20(18)25-2)19-13-17(24)9-11-21(19)26-3/h4-13,22H,1-3H3. The molecule has 3 aromatic carbocycles. The Hall–Kier alpha value is -1.78. The molecule has 0 atom stereocenters. The van der Waals surface area contributed by atoms with Gasteiger partial charge in [-0.2, -0.15) is 0 Å². The summed E-state index contributed by atoms with van der Waals surface area (Å²) in [4.78, 5) is 0. The molecule has 4 heteroatoms. The first-order chi connectivity index (χ1) is 12.5. The van der Waals surface area contributed by atoms with Gasteiger partial charge in [-0.15, -0.1) is 0 Å². The fraction of sp³-hybridized carbons (Fsp3) is 0.182. The molecule has 0 radical (unpaired) electrons. The topological polar surface area (TPSA) is 18.5 Å². The Morgan fingerprint density at radius 2 is 1.15 bits per heavy atom. The summed E-state index contributed by atoms with van der Waals surface area (Å²) in [5, 5.41) is 0. The van der Waals surface area contributed by atoms with Gasteiger partial charge in [0.25, 0.3) is 0 Å². The predicted octanol–water partition coefficient (Wildman–Crippen LogP) is 6.72. The summed E-state index contributed by atoms with van der Waals surface area (Å²) in [5.41, 5.74) is 4.59. The van der Waals surface area contributed by atoms with Crippen molar-refractivity contribution < 1.29 is 9.47 Å². The van der Waals surface area contributed by atoms with Crippen LogP contribution >= 0.6 is 31.9 Å². The van der Waals surface area contributed by atoms with E-state index in [0.717, 1.165) is 31.6 Å². The fourth-order valence-electron chi connectivity index (χ4n) is 3.15. The Balaban J connectivity index is 2.29. The third kappa shape index (κ3) is 3.97. The van der Waals surface area contributed by atoms with Gasteiger partial charge in [0, 0.05) is 26.0 Å². The van der Waals surface area contributed by atoms with E-state index in [2.05, 4.69) is 75.2 Å². The number of methoxy groups -OCH3 is 2. The van der Waals surface area contributed by atoms with Gasteiger partial charge in [0.2, 0.25) is 0 Å². The molecule has 0 saturated heterocycles. The van der Waals surface area contributed by atoms with Gasteiger partial charge in [-0.1, -0.05) is 61.7 Å². The van der Waals surface area contributed by atoms with Crippen LogP contribution in [0.15, 0.2) is 69.6 Å². The van der Waals surface area contributed by atoms with Gasteiger partial charge in [-0.25, -0.2) is 0 Å². The zero-order valence-corrected chi connectivity index (χ0v) is 18.1. The molecule has 26 heavy (non-hydrogen) atoms. The first-order valence-electron chi connectivity index (χ1n) is 8.27. The predicted molar refractivity (Wildman–Crippen MR) is 114 cm³/mol. The Morgan fingerprint density at radius 3 is 1.58 bits per heavy atom. The molecular formula is C22H20Br2O2. The van der Waals surface area contributed by atoms with Crippen molar-refractivity contribution in [3.8, 4) is 11.5 Å². The molecule has 0 aromatic heterocycles. The molecule has 0 amide bonds. The van der Waals surface area contributed by atoms with Crippen molar-refractivity contribution >= 4 is 31.9 Å². The third-order valence-electron chi connectivity index (χ3n) is 4.42. The Morgan fingerprint density at radius 1 is 0.692 bits per heavy atom. The number of rotatable bonds is 5. The summed E-state index contributed by atoms with van der Waals surface area (Å²) in [6.07, 6.45) is 0. The summed E-state index contributed by atoms with van der Waals surface area (Å²) in [6, 6.07) is 20.8. The highest BCUT2D eigenvalue weighted by molar-refractivity contribution is 9.10. The first-order valence-corrected chi connectivity index (χ1v) is 9.85. The lowest BCUT2D eigenvalue weighted by molar-refractivity contribution is 0.402. The Labute approximate surface area is 171 Å². The van der Waals surface area contributed by atoms with Crippen molar-refractivity contribution in [3.05, 3.63) is 91.9 Å². The van der Waals surface area contributed by atoms with Crippen LogP contribution in [0, 0.1) is 6.92 Å². The first kappa shape index (κ1) is 19.0. The second kappa shape index (κ2) is 8.28. The van der Waals surface area contributed by atoms with Gasteiger partial charge >= 0.3 is 0 Å². The van der Waals surface area contributed by atoms with E-state index in [1.165, 1.54) is 11.1 Å². The number of hydrogen-bond acceptors (Lipinski definition) is 2. The second-order valence-corrected chi connectivity index (χ2v) is 7.95. The van der Waals surface area contributed by atoms with Gasteiger partial charge < -0.3 is 9.47 Å². The average molecular weight is 476 g/mol. The van der Waals surface area contributed by atoms with E-state index in [4.69, 9.17) is 9.47 Å². The van der Waals surface area contributed by atoms with E-state index >= 15 is 0 Å². The minimum Gasteiger partial charge on any atom is -0.496 e. The van der Waals surface area contributed by atoms with Crippen molar-refractivity contribution in [2.24, 2.45) is 0 Å². The summed E-state index contributed by atoms with van der Waals surface area (Å²) < 4.78 is 13.4. The van der Waals surface area contributed by atoms with Crippen LogP contribution in [-0.2, 0) is 0 Å². The minimum absolute atomic E-state index is 0.0181. The van der Waals surface area contributed by atoms with Crippen molar-refractivity contribution in [1.82, 2.24) is 0 Å². The van der Waals surface area contributed by atoms with Crippen molar-refractivity contribution in [2.75, 3.05) is 14.2 Å². The second-order valence-electron chi connectivity index (χ2n) is 6.12. The maximum absolute atomic E-state index is 5.68. The number of hydrogen-bond donors (Lipinski definition) is 0. The number of ether oxygens (including phenoxy) is 2. The fourth-order valence-corrected chi connectivity index (χ4v) is 3.90. The molecule has 0 fully saturated rings. The molecule has 2 nitrogen and oxygen atoms in total. The van der Waals surface area contributed by atoms with Gasteiger partial charge in [-0.3, -0.25) is 0 Å². The van der Waals surface area contributed by atoms with Gasteiger partial charge in [0.15, 0.2) is 0 Å². The molecule has 3 aromatic rings. The molecule has 0 N–H and O–H groups in total. The maximum atomic E-state index is 5.68. The van der Waals surface area contributed by atoms with E-state index in [-0.39, 0.29) is 5.92 Å². The quantitative estimate of drug-likeness (QED) is 0.381. The molecule has 0 heterocycles. The van der Waals surface area contributed by atoms with Crippen LogP contribution < -0.4 is 9.47 Å². The molecule has 0 unspecified atom stereocenters. The van der Waals surface area contributed by atoms with Gasteiger partial charge in [0.05, 0.1) is 14.2 Å². The third-order valence-corrected chi connectivity index (χ3v) is 5.40. The summed E-state index contributed by atoms with van der Waals surface area (Å²) in [7, 11) is 3.41. The highest BCUT2D eigenvalue weighted by atomic mass is 79.9. The summed E-state index contributed by atoms with van der Waals surface area (Å²) >= 11 is 7.21. The zero-order chi connectivity index (χ0) is 18.7. The molecule has 0 spiro atoms. The Kier molecular flexibility index (Phi) is 6.05. The lowest BCUT2D eigenvalue weighted by Gasteiger charge is -2.24. The monoisotopic (exact) mass is 474 g/mol. The van der Waals surface area contributed by atoms with Crippen LogP contribution in [0.25, 0.3) is 0 Å². The molecule has 0 aliphatic heterocycles. The van der Waals surface area contributed by atoms with Gasteiger partial charge in [0.1, 0.15) is 11.5 Å². The SMILES string of the molecule is COc1ccc(Br)cc1C(c1ccc(C)cc1)c1cc(Br)ccc1OC. The van der Waals surface area contributed by atoms with Gasteiger partial charge in [-0.05, 0) is 48.9 Å². The van der Waals surface area contributed by atoms with Crippen LogP contribution in [-0.4, -0.2) is 14.2 Å². The molecule has 134 valence electrons. The van der Waals surface area contributed by atoms with Crippen LogP contribution in [0.1, 0.15) is 28.2 Å². The zero-order valence-electron chi connectivity index (χ0n) is 14.9. The van der Waals surface area contributed by atoms with E-state index in [9.17, 15) is 0 Å². The smallest absolute Gasteiger partial charge is 0.123 e. The number of halogens is 2. The van der Waals surface area contributed by atoms with Crippen LogP contribution in [0.2, 0.25) is 0 Å². The molecule has 0 saturated carbocycles. The normalized spacial score (nSPS) is 10.8. The molecule has 3 rings (SSSR count). The van der Waals surface area contributed by atoms with E-state index < -0.39 is 0 Å². The van der Waals surface area contributed by atoms with Crippen LogP contribution in [0.4, 0.5) is 0 Å². The number of benzene rings is 3. The van der Waals surface area contributed by atoms with E-state index in [1.807, 2.05) is 24.3 Å². The van der Waals surface area contributed by atoms with Crippen LogP contribution in [0.3, 0.4) is 0 Å². The lowest BCUT2D eigenvalue weighted by atomic mass is 9.84. The largest absolute Gasteiger partial charge is 0.496 e. The maximum Gasteiger partial charge on any atom is 0.123 e.